The lowest BCUT2D eigenvalue weighted by Crippen LogP contribution is -2.37. The van der Waals surface area contributed by atoms with Crippen LogP contribution in [0.2, 0.25) is 5.02 Å². The number of aromatic nitrogens is 2. The summed E-state index contributed by atoms with van der Waals surface area (Å²) in [5.41, 5.74) is 1.41. The first-order valence-electron chi connectivity index (χ1n) is 8.28. The van der Waals surface area contributed by atoms with Crippen LogP contribution in [-0.2, 0) is 21.3 Å². The number of ether oxygens (including phenoxy) is 1. The van der Waals surface area contributed by atoms with Crippen LogP contribution in [0.5, 0.6) is 0 Å². The standard InChI is InChI=1S/C17H21ClN4O3S/c1-12-3-4-14(18)10-15(12)26(23,24)19-11-16-20-13(2)9-17(21-16)22-5-7-25-8-6-22/h3-4,9-10,19H,5-8,11H2,1-2H3. The van der Waals surface area contributed by atoms with Crippen LogP contribution in [0, 0.1) is 13.8 Å². The van der Waals surface area contributed by atoms with Crippen molar-refractivity contribution in [3.63, 3.8) is 0 Å². The van der Waals surface area contributed by atoms with Crippen molar-refractivity contribution < 1.29 is 13.2 Å². The molecule has 0 amide bonds. The van der Waals surface area contributed by atoms with Gasteiger partial charge >= 0.3 is 0 Å². The van der Waals surface area contributed by atoms with Crippen molar-refractivity contribution in [1.29, 1.82) is 0 Å². The molecule has 0 unspecified atom stereocenters. The Morgan fingerprint density at radius 1 is 1.19 bits per heavy atom. The van der Waals surface area contributed by atoms with Gasteiger partial charge in [-0.2, -0.15) is 0 Å². The van der Waals surface area contributed by atoms with Gasteiger partial charge in [0, 0.05) is 29.9 Å². The summed E-state index contributed by atoms with van der Waals surface area (Å²) in [5, 5.41) is 0.373. The number of rotatable bonds is 5. The van der Waals surface area contributed by atoms with Gasteiger partial charge in [0.2, 0.25) is 10.0 Å². The second kappa shape index (κ2) is 7.87. The lowest BCUT2D eigenvalue weighted by atomic mass is 10.2. The van der Waals surface area contributed by atoms with Crippen LogP contribution in [0.3, 0.4) is 0 Å². The predicted octanol–water partition coefficient (Wildman–Crippen LogP) is 2.06. The summed E-state index contributed by atoms with van der Waals surface area (Å²) in [6.07, 6.45) is 0. The fourth-order valence-corrected chi connectivity index (χ4v) is 4.23. The van der Waals surface area contributed by atoms with Crippen LogP contribution in [-0.4, -0.2) is 44.7 Å². The number of morpholine rings is 1. The molecule has 0 radical (unpaired) electrons. The van der Waals surface area contributed by atoms with E-state index in [-0.39, 0.29) is 11.4 Å². The van der Waals surface area contributed by atoms with Crippen molar-refractivity contribution in [2.75, 3.05) is 31.2 Å². The van der Waals surface area contributed by atoms with E-state index < -0.39 is 10.0 Å². The second-order valence-corrected chi connectivity index (χ2v) is 8.29. The van der Waals surface area contributed by atoms with Gasteiger partial charge in [0.15, 0.2) is 0 Å². The van der Waals surface area contributed by atoms with Gasteiger partial charge < -0.3 is 9.64 Å². The first-order chi connectivity index (χ1) is 12.3. The molecule has 1 aromatic carbocycles. The van der Waals surface area contributed by atoms with Crippen LogP contribution >= 0.6 is 11.6 Å². The summed E-state index contributed by atoms with van der Waals surface area (Å²) in [6, 6.07) is 6.67. The number of hydrogen-bond donors (Lipinski definition) is 1. The summed E-state index contributed by atoms with van der Waals surface area (Å²) >= 11 is 5.93. The highest BCUT2D eigenvalue weighted by atomic mass is 35.5. The number of anilines is 1. The maximum absolute atomic E-state index is 12.6. The molecule has 1 fully saturated rings. The molecule has 3 rings (SSSR count). The molecule has 2 aromatic rings. The van der Waals surface area contributed by atoms with E-state index in [1.807, 2.05) is 13.0 Å². The zero-order chi connectivity index (χ0) is 18.7. The summed E-state index contributed by atoms with van der Waals surface area (Å²) in [5.74, 6) is 1.21. The lowest BCUT2D eigenvalue weighted by Gasteiger charge is -2.28. The maximum Gasteiger partial charge on any atom is 0.241 e. The summed E-state index contributed by atoms with van der Waals surface area (Å²) in [7, 11) is -3.71. The van der Waals surface area contributed by atoms with Crippen molar-refractivity contribution in [3.8, 4) is 0 Å². The molecule has 140 valence electrons. The number of sulfonamides is 1. The molecular weight excluding hydrogens is 376 g/mol. The number of nitrogens with one attached hydrogen (secondary N) is 1. The first kappa shape index (κ1) is 19.0. The van der Waals surface area contributed by atoms with E-state index in [9.17, 15) is 8.42 Å². The lowest BCUT2D eigenvalue weighted by molar-refractivity contribution is 0.122. The Balaban J connectivity index is 1.78. The Hall–Kier alpha value is -1.74. The third-order valence-corrected chi connectivity index (χ3v) is 5.86. The minimum absolute atomic E-state index is 0.00725. The van der Waals surface area contributed by atoms with Crippen LogP contribution in [0.15, 0.2) is 29.2 Å². The number of halogens is 1. The molecule has 0 bridgehead atoms. The summed E-state index contributed by atoms with van der Waals surface area (Å²) in [4.78, 5) is 11.1. The molecule has 1 aromatic heterocycles. The Morgan fingerprint density at radius 3 is 2.65 bits per heavy atom. The average Bonchev–Trinajstić information content (AvgIpc) is 2.62. The van der Waals surface area contributed by atoms with Gasteiger partial charge in [-0.1, -0.05) is 17.7 Å². The normalized spacial score (nSPS) is 15.3. The molecule has 0 aliphatic carbocycles. The molecule has 26 heavy (non-hydrogen) atoms. The Morgan fingerprint density at radius 2 is 1.92 bits per heavy atom. The third-order valence-electron chi connectivity index (χ3n) is 4.08. The molecule has 0 spiro atoms. The summed E-state index contributed by atoms with van der Waals surface area (Å²) < 4.78 is 33.1. The molecule has 1 aliphatic rings. The van der Waals surface area contributed by atoms with Gasteiger partial charge in [-0.25, -0.2) is 23.1 Å². The molecular formula is C17H21ClN4O3S. The summed E-state index contributed by atoms with van der Waals surface area (Å²) in [6.45, 7) is 6.41. The number of benzene rings is 1. The fourth-order valence-electron chi connectivity index (χ4n) is 2.75. The molecule has 1 N–H and O–H groups in total. The van der Waals surface area contributed by atoms with Gasteiger partial charge in [-0.3, -0.25) is 0 Å². The van der Waals surface area contributed by atoms with Crippen LogP contribution < -0.4 is 9.62 Å². The Labute approximate surface area is 158 Å². The topological polar surface area (TPSA) is 84.4 Å². The largest absolute Gasteiger partial charge is 0.378 e. The quantitative estimate of drug-likeness (QED) is 0.832. The minimum Gasteiger partial charge on any atom is -0.378 e. The Bertz CT molecular complexity index is 899. The average molecular weight is 397 g/mol. The number of hydrogen-bond acceptors (Lipinski definition) is 6. The maximum atomic E-state index is 12.6. The van der Waals surface area contributed by atoms with Crippen LogP contribution in [0.25, 0.3) is 0 Å². The molecule has 1 aliphatic heterocycles. The predicted molar refractivity (Wildman–Crippen MR) is 100 cm³/mol. The third kappa shape index (κ3) is 4.50. The van der Waals surface area contributed by atoms with Crippen LogP contribution in [0.4, 0.5) is 5.82 Å². The van der Waals surface area contributed by atoms with E-state index in [0.29, 0.717) is 29.6 Å². The van der Waals surface area contributed by atoms with E-state index in [0.717, 1.165) is 24.6 Å². The molecule has 0 saturated carbocycles. The van der Waals surface area contributed by atoms with Crippen molar-refractivity contribution >= 4 is 27.4 Å². The van der Waals surface area contributed by atoms with Gasteiger partial charge in [-0.15, -0.1) is 0 Å². The van der Waals surface area contributed by atoms with Crippen molar-refractivity contribution in [3.05, 3.63) is 46.4 Å². The van der Waals surface area contributed by atoms with Crippen molar-refractivity contribution in [1.82, 2.24) is 14.7 Å². The van der Waals surface area contributed by atoms with E-state index in [1.54, 1.807) is 19.1 Å². The number of aryl methyl sites for hydroxylation is 2. The van der Waals surface area contributed by atoms with Gasteiger partial charge in [0.1, 0.15) is 11.6 Å². The van der Waals surface area contributed by atoms with Crippen molar-refractivity contribution in [2.24, 2.45) is 0 Å². The molecule has 2 heterocycles. The van der Waals surface area contributed by atoms with E-state index in [2.05, 4.69) is 19.6 Å². The highest BCUT2D eigenvalue weighted by Crippen LogP contribution is 2.20. The smallest absolute Gasteiger partial charge is 0.241 e. The zero-order valence-corrected chi connectivity index (χ0v) is 16.3. The molecule has 0 atom stereocenters. The first-order valence-corrected chi connectivity index (χ1v) is 10.1. The monoisotopic (exact) mass is 396 g/mol. The zero-order valence-electron chi connectivity index (χ0n) is 14.7. The van der Waals surface area contributed by atoms with E-state index >= 15 is 0 Å². The van der Waals surface area contributed by atoms with Crippen LogP contribution in [0.1, 0.15) is 17.1 Å². The number of nitrogens with zero attached hydrogens (tertiary/aromatic N) is 3. The van der Waals surface area contributed by atoms with Crippen molar-refractivity contribution in [2.45, 2.75) is 25.3 Å². The fraction of sp³-hybridized carbons (Fsp3) is 0.412. The molecule has 1 saturated heterocycles. The van der Waals surface area contributed by atoms with E-state index in [1.165, 1.54) is 6.07 Å². The second-order valence-electron chi connectivity index (χ2n) is 6.12. The van der Waals surface area contributed by atoms with E-state index in [4.69, 9.17) is 16.3 Å². The minimum atomic E-state index is -3.71. The molecule has 9 heteroatoms. The Kier molecular flexibility index (Phi) is 5.76. The van der Waals surface area contributed by atoms with Gasteiger partial charge in [-0.05, 0) is 31.5 Å². The highest BCUT2D eigenvalue weighted by molar-refractivity contribution is 7.89. The molecule has 7 nitrogen and oxygen atoms in total. The SMILES string of the molecule is Cc1cc(N2CCOCC2)nc(CNS(=O)(=O)c2cc(Cl)ccc2C)n1. The van der Waals surface area contributed by atoms with Gasteiger partial charge in [0.05, 0.1) is 24.7 Å². The van der Waals surface area contributed by atoms with Gasteiger partial charge in [0.25, 0.3) is 0 Å². The highest BCUT2D eigenvalue weighted by Gasteiger charge is 2.19.